The maximum atomic E-state index is 10.8. The summed E-state index contributed by atoms with van der Waals surface area (Å²) in [6.45, 7) is 0. The number of allylic oxidation sites excluding steroid dienone is 2. The maximum Gasteiger partial charge on any atom is 0.306 e. The highest BCUT2D eigenvalue weighted by molar-refractivity contribution is 5.70. The third-order valence-electron chi connectivity index (χ3n) is 3.07. The molecule has 0 heterocycles. The van der Waals surface area contributed by atoms with Crippen LogP contribution in [0.2, 0.25) is 0 Å². The first-order chi connectivity index (χ1) is 5.75. The molecule has 0 amide bonds. The van der Waals surface area contributed by atoms with Gasteiger partial charge in [0.1, 0.15) is 0 Å². The van der Waals surface area contributed by atoms with Gasteiger partial charge >= 0.3 is 5.97 Å². The monoisotopic (exact) mass is 166 g/mol. The van der Waals surface area contributed by atoms with E-state index in [1.54, 1.807) is 0 Å². The van der Waals surface area contributed by atoms with Crippen molar-refractivity contribution in [3.8, 4) is 0 Å². The van der Waals surface area contributed by atoms with Crippen molar-refractivity contribution < 1.29 is 9.90 Å². The van der Waals surface area contributed by atoms with Crippen LogP contribution in [0.15, 0.2) is 12.2 Å². The van der Waals surface area contributed by atoms with Gasteiger partial charge in [-0.3, -0.25) is 4.79 Å². The summed E-state index contributed by atoms with van der Waals surface area (Å²) in [5, 5.41) is 8.87. The molecule has 2 bridgehead atoms. The van der Waals surface area contributed by atoms with Gasteiger partial charge in [-0.2, -0.15) is 0 Å². The lowest BCUT2D eigenvalue weighted by Gasteiger charge is -2.33. The first-order valence-electron chi connectivity index (χ1n) is 4.65. The zero-order valence-electron chi connectivity index (χ0n) is 7.07. The van der Waals surface area contributed by atoms with Gasteiger partial charge in [-0.1, -0.05) is 12.2 Å². The van der Waals surface area contributed by atoms with Gasteiger partial charge in [0.05, 0.1) is 5.92 Å². The highest BCUT2D eigenvalue weighted by atomic mass is 16.4. The summed E-state index contributed by atoms with van der Waals surface area (Å²) in [7, 11) is 0. The maximum absolute atomic E-state index is 10.8. The molecular weight excluding hydrogens is 152 g/mol. The number of carboxylic acids is 1. The van der Waals surface area contributed by atoms with Crippen LogP contribution in [0.4, 0.5) is 0 Å². The van der Waals surface area contributed by atoms with Crippen molar-refractivity contribution in [1.29, 1.82) is 0 Å². The molecule has 0 unspecified atom stereocenters. The molecule has 2 nitrogen and oxygen atoms in total. The van der Waals surface area contributed by atoms with Gasteiger partial charge in [0.2, 0.25) is 0 Å². The first kappa shape index (κ1) is 7.84. The van der Waals surface area contributed by atoms with E-state index in [2.05, 4.69) is 12.2 Å². The fourth-order valence-corrected chi connectivity index (χ4v) is 2.50. The Kier molecular flexibility index (Phi) is 1.91. The lowest BCUT2D eigenvalue weighted by Crippen LogP contribution is -2.28. The molecule has 2 rings (SSSR count). The molecule has 0 aromatic rings. The van der Waals surface area contributed by atoms with Crippen LogP contribution < -0.4 is 0 Å². The minimum atomic E-state index is -0.597. The van der Waals surface area contributed by atoms with Gasteiger partial charge in [0, 0.05) is 0 Å². The van der Waals surface area contributed by atoms with Gasteiger partial charge in [-0.15, -0.1) is 0 Å². The number of hydrogen-bond acceptors (Lipinski definition) is 1. The Morgan fingerprint density at radius 1 is 1.33 bits per heavy atom. The summed E-state index contributed by atoms with van der Waals surface area (Å²) in [5.41, 5.74) is 0. The molecule has 0 aliphatic heterocycles. The zero-order chi connectivity index (χ0) is 8.55. The third-order valence-corrected chi connectivity index (χ3v) is 3.07. The number of carboxylic acid groups (broad SMARTS) is 1. The van der Waals surface area contributed by atoms with E-state index in [0.29, 0.717) is 11.8 Å². The molecule has 0 spiro atoms. The average molecular weight is 166 g/mol. The molecule has 3 atom stereocenters. The predicted octanol–water partition coefficient (Wildman–Crippen LogP) is 2.06. The topological polar surface area (TPSA) is 37.3 Å². The van der Waals surface area contributed by atoms with E-state index in [1.165, 1.54) is 6.42 Å². The SMILES string of the molecule is O=C(O)[C@@H]1C[C@@H]2C=CC[C@@H](C2)C1. The van der Waals surface area contributed by atoms with Crippen molar-refractivity contribution in [3.05, 3.63) is 12.2 Å². The molecule has 2 aliphatic rings. The Balaban J connectivity index is 2.07. The van der Waals surface area contributed by atoms with Crippen LogP contribution in [0, 0.1) is 17.8 Å². The van der Waals surface area contributed by atoms with E-state index in [1.807, 2.05) is 0 Å². The Morgan fingerprint density at radius 3 is 2.83 bits per heavy atom. The molecule has 1 fully saturated rings. The normalized spacial score (nSPS) is 39.5. The summed E-state index contributed by atoms with van der Waals surface area (Å²) < 4.78 is 0. The molecule has 12 heavy (non-hydrogen) atoms. The molecule has 0 radical (unpaired) electrons. The van der Waals surface area contributed by atoms with Crippen LogP contribution in [0.5, 0.6) is 0 Å². The van der Waals surface area contributed by atoms with E-state index in [-0.39, 0.29) is 5.92 Å². The standard InChI is InChI=1S/C10H14O2/c11-10(12)9-5-7-2-1-3-8(4-7)6-9/h1-2,7-9H,3-6H2,(H,11,12)/t7-,8+,9-/m1/s1. The number of hydrogen-bond donors (Lipinski definition) is 1. The second kappa shape index (κ2) is 2.92. The highest BCUT2D eigenvalue weighted by Crippen LogP contribution is 2.39. The fraction of sp³-hybridized carbons (Fsp3) is 0.700. The van der Waals surface area contributed by atoms with Crippen molar-refractivity contribution in [2.24, 2.45) is 17.8 Å². The van der Waals surface area contributed by atoms with Gasteiger partial charge in [-0.25, -0.2) is 0 Å². The van der Waals surface area contributed by atoms with E-state index in [4.69, 9.17) is 5.11 Å². The van der Waals surface area contributed by atoms with E-state index < -0.39 is 5.97 Å². The highest BCUT2D eigenvalue weighted by Gasteiger charge is 2.32. The average Bonchev–Trinajstić information content (AvgIpc) is 2.03. The van der Waals surface area contributed by atoms with Crippen molar-refractivity contribution in [3.63, 3.8) is 0 Å². The van der Waals surface area contributed by atoms with Gasteiger partial charge in [0.25, 0.3) is 0 Å². The molecule has 2 aliphatic carbocycles. The lowest BCUT2D eigenvalue weighted by molar-refractivity contribution is -0.143. The molecule has 0 aromatic heterocycles. The van der Waals surface area contributed by atoms with Crippen LogP contribution in [0.25, 0.3) is 0 Å². The minimum Gasteiger partial charge on any atom is -0.481 e. The zero-order valence-corrected chi connectivity index (χ0v) is 7.07. The molecule has 2 heteroatoms. The summed E-state index contributed by atoms with van der Waals surface area (Å²) in [5.74, 6) is 0.534. The number of aliphatic carboxylic acids is 1. The largest absolute Gasteiger partial charge is 0.481 e. The summed E-state index contributed by atoms with van der Waals surface area (Å²) in [6, 6.07) is 0. The van der Waals surface area contributed by atoms with E-state index in [0.717, 1.165) is 19.3 Å². The number of fused-ring (bicyclic) bond motifs is 2. The van der Waals surface area contributed by atoms with Crippen LogP contribution >= 0.6 is 0 Å². The van der Waals surface area contributed by atoms with E-state index in [9.17, 15) is 4.79 Å². The van der Waals surface area contributed by atoms with Gasteiger partial charge < -0.3 is 5.11 Å². The second-order valence-corrected chi connectivity index (χ2v) is 4.03. The molecule has 1 saturated carbocycles. The third kappa shape index (κ3) is 1.38. The summed E-state index contributed by atoms with van der Waals surface area (Å²) in [6.07, 6.45) is 8.50. The number of carbonyl (C=O) groups is 1. The molecular formula is C10H14O2. The fourth-order valence-electron chi connectivity index (χ4n) is 2.50. The predicted molar refractivity (Wildman–Crippen MR) is 45.7 cm³/mol. The quantitative estimate of drug-likeness (QED) is 0.605. The van der Waals surface area contributed by atoms with E-state index >= 15 is 0 Å². The number of rotatable bonds is 1. The Labute approximate surface area is 72.3 Å². The Hall–Kier alpha value is -0.790. The minimum absolute atomic E-state index is 0.0706. The van der Waals surface area contributed by atoms with Crippen LogP contribution in [-0.4, -0.2) is 11.1 Å². The summed E-state index contributed by atoms with van der Waals surface area (Å²) in [4.78, 5) is 10.8. The van der Waals surface area contributed by atoms with Crippen molar-refractivity contribution in [1.82, 2.24) is 0 Å². The first-order valence-corrected chi connectivity index (χ1v) is 4.65. The smallest absolute Gasteiger partial charge is 0.306 e. The molecule has 0 saturated heterocycles. The second-order valence-electron chi connectivity index (χ2n) is 4.03. The molecule has 0 aromatic carbocycles. The van der Waals surface area contributed by atoms with Crippen LogP contribution in [-0.2, 0) is 4.79 Å². The Bertz CT molecular complexity index is 220. The van der Waals surface area contributed by atoms with Crippen molar-refractivity contribution in [2.75, 3.05) is 0 Å². The molecule has 1 N–H and O–H groups in total. The Morgan fingerprint density at radius 2 is 2.17 bits per heavy atom. The molecule has 66 valence electrons. The lowest BCUT2D eigenvalue weighted by atomic mass is 9.71. The van der Waals surface area contributed by atoms with Crippen LogP contribution in [0.1, 0.15) is 25.7 Å². The van der Waals surface area contributed by atoms with Crippen molar-refractivity contribution in [2.45, 2.75) is 25.7 Å². The van der Waals surface area contributed by atoms with Crippen LogP contribution in [0.3, 0.4) is 0 Å². The summed E-state index contributed by atoms with van der Waals surface area (Å²) >= 11 is 0. The van der Waals surface area contributed by atoms with Crippen molar-refractivity contribution >= 4 is 5.97 Å². The van der Waals surface area contributed by atoms with Gasteiger partial charge in [0.15, 0.2) is 0 Å². The van der Waals surface area contributed by atoms with Gasteiger partial charge in [-0.05, 0) is 37.5 Å².